The number of thiazole rings is 1. The van der Waals surface area contributed by atoms with Crippen LogP contribution in [0.25, 0.3) is 0 Å². The van der Waals surface area contributed by atoms with Crippen LogP contribution in [0.5, 0.6) is 0 Å². The van der Waals surface area contributed by atoms with Gasteiger partial charge in [-0.2, -0.15) is 0 Å². The van der Waals surface area contributed by atoms with Crippen LogP contribution in [0, 0.1) is 18.6 Å². The Balaban J connectivity index is 2.29. The fourth-order valence-corrected chi connectivity index (χ4v) is 2.67. The minimum atomic E-state index is -0.601. The Morgan fingerprint density at radius 1 is 1.39 bits per heavy atom. The number of halogens is 2. The van der Waals surface area contributed by atoms with E-state index in [0.29, 0.717) is 21.1 Å². The first-order chi connectivity index (χ1) is 8.47. The summed E-state index contributed by atoms with van der Waals surface area (Å²) in [5.74, 6) is -1.24. The number of hydrogen-bond acceptors (Lipinski definition) is 3. The molecule has 0 N–H and O–H groups in total. The Labute approximate surface area is 107 Å². The van der Waals surface area contributed by atoms with Gasteiger partial charge in [0, 0.05) is 19.4 Å². The molecule has 2 nitrogen and oxygen atoms in total. The normalized spacial score (nSPS) is 10.7. The van der Waals surface area contributed by atoms with E-state index in [1.807, 2.05) is 0 Å². The molecule has 0 aliphatic rings. The summed E-state index contributed by atoms with van der Waals surface area (Å²) in [6.07, 6.45) is 0.269. The summed E-state index contributed by atoms with van der Waals surface area (Å²) in [6.45, 7) is 3.22. The molecule has 0 spiro atoms. The van der Waals surface area contributed by atoms with Crippen molar-refractivity contribution in [3.63, 3.8) is 0 Å². The Kier molecular flexibility index (Phi) is 3.52. The first-order valence-corrected chi connectivity index (χ1v) is 6.20. The van der Waals surface area contributed by atoms with Crippen LogP contribution >= 0.6 is 11.3 Å². The number of carbonyl (C=O) groups is 1. The monoisotopic (exact) mass is 267 g/mol. The third kappa shape index (κ3) is 2.61. The Bertz CT molecular complexity index is 607. The Morgan fingerprint density at radius 3 is 2.67 bits per heavy atom. The quantitative estimate of drug-likeness (QED) is 0.796. The number of nitrogens with zero attached hydrogens (tertiary/aromatic N) is 1. The van der Waals surface area contributed by atoms with Crippen molar-refractivity contribution < 1.29 is 13.6 Å². The second-order valence-corrected chi connectivity index (χ2v) is 5.07. The van der Waals surface area contributed by atoms with E-state index in [-0.39, 0.29) is 12.2 Å². The molecule has 0 atom stereocenters. The summed E-state index contributed by atoms with van der Waals surface area (Å²) in [5, 5.41) is 0.656. The zero-order valence-electron chi connectivity index (χ0n) is 9.96. The summed E-state index contributed by atoms with van der Waals surface area (Å²) < 4.78 is 26.2. The van der Waals surface area contributed by atoms with E-state index >= 15 is 0 Å². The zero-order chi connectivity index (χ0) is 13.3. The molecule has 0 aliphatic heterocycles. The molecular weight excluding hydrogens is 256 g/mol. The Morgan fingerprint density at radius 2 is 2.11 bits per heavy atom. The number of hydrogen-bond donors (Lipinski definition) is 0. The lowest BCUT2D eigenvalue weighted by Gasteiger charge is -2.00. The highest BCUT2D eigenvalue weighted by Gasteiger charge is 2.13. The highest BCUT2D eigenvalue weighted by atomic mass is 32.1. The lowest BCUT2D eigenvalue weighted by Crippen LogP contribution is -1.93. The lowest BCUT2D eigenvalue weighted by molar-refractivity contribution is 0.102. The van der Waals surface area contributed by atoms with Gasteiger partial charge >= 0.3 is 0 Å². The topological polar surface area (TPSA) is 30.0 Å². The van der Waals surface area contributed by atoms with E-state index in [9.17, 15) is 13.6 Å². The number of carbonyl (C=O) groups excluding carboxylic acids is 1. The molecule has 0 saturated heterocycles. The van der Waals surface area contributed by atoms with E-state index in [0.717, 1.165) is 6.07 Å². The third-order valence-electron chi connectivity index (χ3n) is 2.52. The van der Waals surface area contributed by atoms with Crippen LogP contribution in [0.1, 0.15) is 32.9 Å². The van der Waals surface area contributed by atoms with Crippen molar-refractivity contribution in [1.82, 2.24) is 4.98 Å². The number of benzene rings is 1. The second-order valence-electron chi connectivity index (χ2n) is 3.99. The molecular formula is C13H11F2NOS. The molecule has 0 radical (unpaired) electrons. The largest absolute Gasteiger partial charge is 0.294 e. The highest BCUT2D eigenvalue weighted by molar-refractivity contribution is 7.13. The van der Waals surface area contributed by atoms with Crippen LogP contribution in [0.4, 0.5) is 8.78 Å². The van der Waals surface area contributed by atoms with Crippen LogP contribution in [0.2, 0.25) is 0 Å². The van der Waals surface area contributed by atoms with Gasteiger partial charge in [-0.1, -0.05) is 6.07 Å². The molecule has 0 aliphatic carbocycles. The van der Waals surface area contributed by atoms with Gasteiger partial charge in [-0.05, 0) is 18.6 Å². The van der Waals surface area contributed by atoms with Crippen LogP contribution in [-0.2, 0) is 6.42 Å². The average Bonchev–Trinajstić information content (AvgIpc) is 2.64. The van der Waals surface area contributed by atoms with Gasteiger partial charge in [0.15, 0.2) is 5.78 Å². The molecule has 1 aromatic carbocycles. The Hall–Kier alpha value is -1.62. The second kappa shape index (κ2) is 4.94. The maximum Gasteiger partial charge on any atom is 0.171 e. The van der Waals surface area contributed by atoms with Gasteiger partial charge in [0.05, 0.1) is 15.6 Å². The van der Waals surface area contributed by atoms with Crippen LogP contribution in [-0.4, -0.2) is 10.8 Å². The van der Waals surface area contributed by atoms with Crippen LogP contribution in [0.3, 0.4) is 0 Å². The minimum absolute atomic E-state index is 0.0455. The third-order valence-corrected chi connectivity index (χ3v) is 3.78. The van der Waals surface area contributed by atoms with Crippen LogP contribution in [0.15, 0.2) is 18.2 Å². The maximum atomic E-state index is 13.5. The van der Waals surface area contributed by atoms with E-state index in [1.165, 1.54) is 30.4 Å². The molecule has 1 heterocycles. The smallest absolute Gasteiger partial charge is 0.171 e. The van der Waals surface area contributed by atoms with Gasteiger partial charge in [0.25, 0.3) is 0 Å². The van der Waals surface area contributed by atoms with Gasteiger partial charge < -0.3 is 0 Å². The fourth-order valence-electron chi connectivity index (χ4n) is 1.68. The summed E-state index contributed by atoms with van der Waals surface area (Å²) in [4.78, 5) is 16.1. The molecule has 18 heavy (non-hydrogen) atoms. The standard InChI is InChI=1S/C13H11F2NOS/c1-7-13(8(2)17)18-12(16-7)5-9-3-4-10(14)6-11(9)15/h3-4,6H,5H2,1-2H3. The van der Waals surface area contributed by atoms with E-state index in [1.54, 1.807) is 6.92 Å². The highest BCUT2D eigenvalue weighted by Crippen LogP contribution is 2.22. The molecule has 2 aromatic rings. The van der Waals surface area contributed by atoms with Gasteiger partial charge in [-0.3, -0.25) is 4.79 Å². The van der Waals surface area contributed by atoms with Crippen molar-refractivity contribution in [2.75, 3.05) is 0 Å². The molecule has 0 bridgehead atoms. The van der Waals surface area contributed by atoms with E-state index in [2.05, 4.69) is 4.98 Å². The number of aryl methyl sites for hydroxylation is 1. The number of rotatable bonds is 3. The van der Waals surface area contributed by atoms with Crippen molar-refractivity contribution in [3.8, 4) is 0 Å². The summed E-state index contributed by atoms with van der Waals surface area (Å²) in [7, 11) is 0. The molecule has 1 aromatic heterocycles. The minimum Gasteiger partial charge on any atom is -0.294 e. The van der Waals surface area contributed by atoms with Crippen LogP contribution < -0.4 is 0 Å². The molecule has 0 amide bonds. The van der Waals surface area contributed by atoms with Gasteiger partial charge in [-0.15, -0.1) is 11.3 Å². The molecule has 0 fully saturated rings. The number of aromatic nitrogens is 1. The van der Waals surface area contributed by atoms with Gasteiger partial charge in [0.1, 0.15) is 11.6 Å². The summed E-state index contributed by atoms with van der Waals surface area (Å²) in [6, 6.07) is 3.46. The van der Waals surface area contributed by atoms with Crippen molar-refractivity contribution in [2.24, 2.45) is 0 Å². The van der Waals surface area contributed by atoms with Gasteiger partial charge in [0.2, 0.25) is 0 Å². The first-order valence-electron chi connectivity index (χ1n) is 5.38. The molecule has 0 saturated carbocycles. The molecule has 0 unspecified atom stereocenters. The van der Waals surface area contributed by atoms with Crippen molar-refractivity contribution >= 4 is 17.1 Å². The first kappa shape index (κ1) is 12.8. The summed E-state index contributed by atoms with van der Waals surface area (Å²) >= 11 is 1.25. The van der Waals surface area contributed by atoms with Crippen molar-refractivity contribution in [3.05, 3.63) is 51.0 Å². The zero-order valence-corrected chi connectivity index (χ0v) is 10.8. The average molecular weight is 267 g/mol. The number of Topliss-reactive ketones (excluding diaryl/α,β-unsaturated/α-hetero) is 1. The van der Waals surface area contributed by atoms with Crippen molar-refractivity contribution in [2.45, 2.75) is 20.3 Å². The SMILES string of the molecule is CC(=O)c1sc(Cc2ccc(F)cc2F)nc1C. The van der Waals surface area contributed by atoms with Crippen molar-refractivity contribution in [1.29, 1.82) is 0 Å². The lowest BCUT2D eigenvalue weighted by atomic mass is 10.1. The molecule has 5 heteroatoms. The predicted molar refractivity (Wildman–Crippen MR) is 66.0 cm³/mol. The summed E-state index contributed by atoms with van der Waals surface area (Å²) in [5.41, 5.74) is 1.03. The molecule has 2 rings (SSSR count). The predicted octanol–water partition coefficient (Wildman–Crippen LogP) is 3.52. The van der Waals surface area contributed by atoms with E-state index < -0.39 is 11.6 Å². The fraction of sp³-hybridized carbons (Fsp3) is 0.231. The number of ketones is 1. The maximum absolute atomic E-state index is 13.5. The van der Waals surface area contributed by atoms with Gasteiger partial charge in [-0.25, -0.2) is 13.8 Å². The molecule has 94 valence electrons. The van der Waals surface area contributed by atoms with E-state index in [4.69, 9.17) is 0 Å².